The summed E-state index contributed by atoms with van der Waals surface area (Å²) in [7, 11) is 0. The van der Waals surface area contributed by atoms with Gasteiger partial charge >= 0.3 is 6.03 Å². The molecule has 1 aromatic carbocycles. The SMILES string of the molecule is O=C1CCN(c2cnn3ccc(CN4CCN(Cc5ccccc5)CC4)cc23)C(=O)N1. The van der Waals surface area contributed by atoms with Crippen molar-refractivity contribution in [3.05, 3.63) is 66.0 Å². The minimum atomic E-state index is -0.383. The summed E-state index contributed by atoms with van der Waals surface area (Å²) in [5.74, 6) is -0.232. The van der Waals surface area contributed by atoms with E-state index >= 15 is 0 Å². The summed E-state index contributed by atoms with van der Waals surface area (Å²) in [5.41, 5.74) is 4.17. The van der Waals surface area contributed by atoms with Gasteiger partial charge in [-0.2, -0.15) is 5.10 Å². The summed E-state index contributed by atoms with van der Waals surface area (Å²) < 4.78 is 1.78. The number of piperazine rings is 1. The zero-order chi connectivity index (χ0) is 21.2. The third-order valence-corrected chi connectivity index (χ3v) is 6.03. The van der Waals surface area contributed by atoms with Gasteiger partial charge in [0.1, 0.15) is 0 Å². The molecule has 2 saturated heterocycles. The molecule has 4 heterocycles. The number of fused-ring (bicyclic) bond motifs is 1. The van der Waals surface area contributed by atoms with Crippen molar-refractivity contribution in [1.82, 2.24) is 24.7 Å². The summed E-state index contributed by atoms with van der Waals surface area (Å²) in [6.07, 6.45) is 3.93. The number of nitrogens with one attached hydrogen (secondary N) is 1. The summed E-state index contributed by atoms with van der Waals surface area (Å²) in [6.45, 7) is 6.40. The lowest BCUT2D eigenvalue weighted by Gasteiger charge is -2.34. The lowest BCUT2D eigenvalue weighted by Crippen LogP contribution is -2.49. The number of amides is 3. The first kappa shape index (κ1) is 19.7. The van der Waals surface area contributed by atoms with E-state index in [2.05, 4.69) is 62.7 Å². The quantitative estimate of drug-likeness (QED) is 0.687. The number of benzene rings is 1. The van der Waals surface area contributed by atoms with Crippen LogP contribution in [0.25, 0.3) is 5.52 Å². The summed E-state index contributed by atoms with van der Waals surface area (Å²) in [4.78, 5) is 30.3. The van der Waals surface area contributed by atoms with Gasteiger partial charge in [-0.25, -0.2) is 9.31 Å². The predicted molar refractivity (Wildman–Crippen MR) is 118 cm³/mol. The fourth-order valence-electron chi connectivity index (χ4n) is 4.32. The molecule has 8 heteroatoms. The van der Waals surface area contributed by atoms with E-state index in [1.807, 2.05) is 6.20 Å². The van der Waals surface area contributed by atoms with Gasteiger partial charge in [0.2, 0.25) is 5.91 Å². The minimum Gasteiger partial charge on any atom is -0.297 e. The van der Waals surface area contributed by atoms with E-state index < -0.39 is 0 Å². The summed E-state index contributed by atoms with van der Waals surface area (Å²) in [5, 5.41) is 6.76. The van der Waals surface area contributed by atoms with Crippen molar-refractivity contribution in [2.45, 2.75) is 19.5 Å². The topological polar surface area (TPSA) is 73.2 Å². The highest BCUT2D eigenvalue weighted by Crippen LogP contribution is 2.24. The maximum atomic E-state index is 12.3. The zero-order valence-corrected chi connectivity index (χ0v) is 17.4. The van der Waals surface area contributed by atoms with Gasteiger partial charge in [-0.15, -0.1) is 0 Å². The molecule has 0 unspecified atom stereocenters. The van der Waals surface area contributed by atoms with E-state index in [0.717, 1.165) is 50.5 Å². The van der Waals surface area contributed by atoms with Crippen LogP contribution >= 0.6 is 0 Å². The van der Waals surface area contributed by atoms with Crippen LogP contribution in [-0.4, -0.2) is 64.1 Å². The Morgan fingerprint density at radius 3 is 2.29 bits per heavy atom. The number of nitrogens with zero attached hydrogens (tertiary/aromatic N) is 5. The molecule has 160 valence electrons. The number of rotatable bonds is 5. The average molecular weight is 419 g/mol. The zero-order valence-electron chi connectivity index (χ0n) is 17.4. The Morgan fingerprint density at radius 2 is 1.58 bits per heavy atom. The first-order chi connectivity index (χ1) is 15.2. The molecule has 8 nitrogen and oxygen atoms in total. The number of imide groups is 1. The van der Waals surface area contributed by atoms with Gasteiger partial charge < -0.3 is 0 Å². The van der Waals surface area contributed by atoms with Gasteiger partial charge in [0.05, 0.1) is 17.4 Å². The van der Waals surface area contributed by atoms with E-state index in [1.165, 1.54) is 11.1 Å². The molecule has 0 atom stereocenters. The van der Waals surface area contributed by atoms with E-state index in [9.17, 15) is 9.59 Å². The first-order valence-corrected chi connectivity index (χ1v) is 10.7. The van der Waals surface area contributed by atoms with Gasteiger partial charge in [0.25, 0.3) is 0 Å². The van der Waals surface area contributed by atoms with Crippen molar-refractivity contribution in [3.63, 3.8) is 0 Å². The number of carbonyl (C=O) groups excluding carboxylic acids is 2. The lowest BCUT2D eigenvalue weighted by atomic mass is 10.1. The molecule has 0 bridgehead atoms. The fourth-order valence-corrected chi connectivity index (χ4v) is 4.32. The van der Waals surface area contributed by atoms with Crippen molar-refractivity contribution in [2.75, 3.05) is 37.6 Å². The van der Waals surface area contributed by atoms with E-state index in [-0.39, 0.29) is 11.9 Å². The van der Waals surface area contributed by atoms with Crippen molar-refractivity contribution >= 4 is 23.1 Å². The second-order valence-corrected chi connectivity index (χ2v) is 8.19. The van der Waals surface area contributed by atoms with Crippen molar-refractivity contribution < 1.29 is 9.59 Å². The predicted octanol–water partition coefficient (Wildman–Crippen LogP) is 2.10. The largest absolute Gasteiger partial charge is 0.328 e. The molecule has 3 amide bonds. The second kappa shape index (κ2) is 8.49. The minimum absolute atomic E-state index is 0.232. The monoisotopic (exact) mass is 418 g/mol. The Bertz CT molecular complexity index is 1090. The maximum Gasteiger partial charge on any atom is 0.328 e. The Labute approximate surface area is 181 Å². The molecule has 0 radical (unpaired) electrons. The Morgan fingerprint density at radius 1 is 0.871 bits per heavy atom. The Kier molecular flexibility index (Phi) is 5.40. The standard InChI is InChI=1S/C23H26N6O2/c30-22-7-8-28(23(31)25-22)21-15-24-29-9-6-19(14-20(21)29)17-27-12-10-26(11-13-27)16-18-4-2-1-3-5-18/h1-6,9,14-15H,7-8,10-13,16-17H2,(H,25,30,31). The van der Waals surface area contributed by atoms with Gasteiger partial charge in [0.15, 0.2) is 0 Å². The van der Waals surface area contributed by atoms with Gasteiger partial charge in [-0.05, 0) is 23.3 Å². The third kappa shape index (κ3) is 4.30. The van der Waals surface area contributed by atoms with Gasteiger partial charge in [-0.1, -0.05) is 30.3 Å². The summed E-state index contributed by atoms with van der Waals surface area (Å²) >= 11 is 0. The number of carbonyl (C=O) groups is 2. The van der Waals surface area contributed by atoms with Crippen LogP contribution in [-0.2, 0) is 17.9 Å². The third-order valence-electron chi connectivity index (χ3n) is 6.03. The van der Waals surface area contributed by atoms with Crippen molar-refractivity contribution in [2.24, 2.45) is 0 Å². The molecule has 31 heavy (non-hydrogen) atoms. The summed E-state index contributed by atoms with van der Waals surface area (Å²) in [6, 6.07) is 14.4. The van der Waals surface area contributed by atoms with Crippen LogP contribution in [0.15, 0.2) is 54.9 Å². The maximum absolute atomic E-state index is 12.3. The lowest BCUT2D eigenvalue weighted by molar-refractivity contribution is -0.120. The van der Waals surface area contributed by atoms with Crippen LogP contribution < -0.4 is 10.2 Å². The number of urea groups is 1. The molecule has 1 N–H and O–H groups in total. The number of anilines is 1. The molecular weight excluding hydrogens is 392 g/mol. The number of pyridine rings is 1. The molecule has 5 rings (SSSR count). The molecule has 2 aromatic heterocycles. The van der Waals surface area contributed by atoms with Gasteiger partial charge in [-0.3, -0.25) is 24.8 Å². The molecule has 3 aromatic rings. The average Bonchev–Trinajstić information content (AvgIpc) is 3.19. The molecule has 2 aliphatic rings. The van der Waals surface area contributed by atoms with Crippen LogP contribution in [0.3, 0.4) is 0 Å². The highest BCUT2D eigenvalue weighted by atomic mass is 16.2. The van der Waals surface area contributed by atoms with E-state index in [1.54, 1.807) is 15.6 Å². The number of hydrogen-bond acceptors (Lipinski definition) is 5. The van der Waals surface area contributed by atoms with Gasteiger partial charge in [0, 0.05) is 58.4 Å². The smallest absolute Gasteiger partial charge is 0.297 e. The Balaban J connectivity index is 1.24. The highest BCUT2D eigenvalue weighted by Gasteiger charge is 2.26. The van der Waals surface area contributed by atoms with Crippen LogP contribution in [0, 0.1) is 0 Å². The highest BCUT2D eigenvalue weighted by molar-refractivity contribution is 6.07. The van der Waals surface area contributed by atoms with Crippen LogP contribution in [0.4, 0.5) is 10.5 Å². The molecule has 0 saturated carbocycles. The normalized spacial score (nSPS) is 18.5. The van der Waals surface area contributed by atoms with Crippen molar-refractivity contribution in [1.29, 1.82) is 0 Å². The van der Waals surface area contributed by atoms with Crippen LogP contribution in [0.1, 0.15) is 17.5 Å². The fraction of sp³-hybridized carbons (Fsp3) is 0.348. The number of hydrogen-bond donors (Lipinski definition) is 1. The second-order valence-electron chi connectivity index (χ2n) is 8.19. The Hall–Kier alpha value is -3.23. The first-order valence-electron chi connectivity index (χ1n) is 10.7. The van der Waals surface area contributed by atoms with Crippen molar-refractivity contribution in [3.8, 4) is 0 Å². The molecule has 2 fully saturated rings. The van der Waals surface area contributed by atoms with E-state index in [0.29, 0.717) is 13.0 Å². The van der Waals surface area contributed by atoms with Crippen LogP contribution in [0.5, 0.6) is 0 Å². The molecule has 0 spiro atoms. The molecule has 2 aliphatic heterocycles. The molecule has 0 aliphatic carbocycles. The molecular formula is C23H26N6O2. The number of aromatic nitrogens is 2. The van der Waals surface area contributed by atoms with E-state index in [4.69, 9.17) is 0 Å². The van der Waals surface area contributed by atoms with Crippen LogP contribution in [0.2, 0.25) is 0 Å².